The molecule has 1 aromatic heterocycles. The number of hydrogen-bond donors (Lipinski definition) is 2. The molecule has 1 aromatic carbocycles. The van der Waals surface area contributed by atoms with Gasteiger partial charge >= 0.3 is 0 Å². The van der Waals surface area contributed by atoms with E-state index in [0.717, 1.165) is 46.5 Å². The van der Waals surface area contributed by atoms with Crippen molar-refractivity contribution in [3.05, 3.63) is 57.9 Å². The molecule has 0 saturated carbocycles. The molecule has 0 spiro atoms. The topological polar surface area (TPSA) is 58.5 Å². The fraction of sp³-hybridized carbons (Fsp3) is 0.368. The Bertz CT molecular complexity index is 746. The molecule has 0 atom stereocenters. The van der Waals surface area contributed by atoms with Gasteiger partial charge in [0.1, 0.15) is 5.75 Å². The summed E-state index contributed by atoms with van der Waals surface area (Å²) in [6.45, 7) is 5.36. The standard InChI is InChI=1S/C19H25ClN4O/c1-13-11-23-17(14(2)18(13)25-4)12-24-19(21-3)22-9-8-15-6-5-7-16(20)10-15/h5-7,10-11H,8-9,12H2,1-4H3,(H2,21,22,24). The summed E-state index contributed by atoms with van der Waals surface area (Å²) >= 11 is 6.01. The van der Waals surface area contributed by atoms with Crippen molar-refractivity contribution in [2.24, 2.45) is 4.99 Å². The maximum atomic E-state index is 6.01. The van der Waals surface area contributed by atoms with Crippen LogP contribution < -0.4 is 15.4 Å². The number of methoxy groups -OCH3 is 1. The van der Waals surface area contributed by atoms with Crippen LogP contribution in [0.5, 0.6) is 5.75 Å². The molecule has 0 fully saturated rings. The van der Waals surface area contributed by atoms with Crippen molar-refractivity contribution in [3.63, 3.8) is 0 Å². The quantitative estimate of drug-likeness (QED) is 0.613. The summed E-state index contributed by atoms with van der Waals surface area (Å²) in [5, 5.41) is 7.35. The van der Waals surface area contributed by atoms with Crippen LogP contribution in [0.3, 0.4) is 0 Å². The zero-order chi connectivity index (χ0) is 18.2. The third-order valence-electron chi connectivity index (χ3n) is 3.99. The molecule has 0 saturated heterocycles. The monoisotopic (exact) mass is 360 g/mol. The number of guanidine groups is 1. The number of aromatic nitrogens is 1. The number of aliphatic imine (C=N–C) groups is 1. The Balaban J connectivity index is 1.88. The summed E-state index contributed by atoms with van der Waals surface area (Å²) < 4.78 is 5.45. The molecule has 5 nitrogen and oxygen atoms in total. The second-order valence-corrected chi connectivity index (χ2v) is 6.22. The molecule has 1 heterocycles. The number of ether oxygens (including phenoxy) is 1. The van der Waals surface area contributed by atoms with Crippen LogP contribution in [0.2, 0.25) is 5.02 Å². The molecule has 2 aromatic rings. The lowest BCUT2D eigenvalue weighted by molar-refractivity contribution is 0.406. The highest BCUT2D eigenvalue weighted by molar-refractivity contribution is 6.30. The summed E-state index contributed by atoms with van der Waals surface area (Å²) in [6.07, 6.45) is 2.70. The molecule has 0 aliphatic rings. The van der Waals surface area contributed by atoms with Crippen LogP contribution >= 0.6 is 11.6 Å². The average Bonchev–Trinajstić information content (AvgIpc) is 2.60. The summed E-state index contributed by atoms with van der Waals surface area (Å²) in [6, 6.07) is 7.88. The minimum absolute atomic E-state index is 0.583. The van der Waals surface area contributed by atoms with Crippen molar-refractivity contribution >= 4 is 17.6 Å². The van der Waals surface area contributed by atoms with Crippen LogP contribution in [0.4, 0.5) is 0 Å². The number of rotatable bonds is 6. The number of nitrogens with one attached hydrogen (secondary N) is 2. The maximum absolute atomic E-state index is 6.01. The van der Waals surface area contributed by atoms with Crippen LogP contribution in [-0.4, -0.2) is 31.6 Å². The van der Waals surface area contributed by atoms with Crippen molar-refractivity contribution in [1.82, 2.24) is 15.6 Å². The average molecular weight is 361 g/mol. The van der Waals surface area contributed by atoms with E-state index in [1.807, 2.05) is 38.2 Å². The van der Waals surface area contributed by atoms with E-state index in [2.05, 4.69) is 26.7 Å². The minimum Gasteiger partial charge on any atom is -0.496 e. The molecule has 0 aliphatic carbocycles. The van der Waals surface area contributed by atoms with Crippen LogP contribution in [0, 0.1) is 13.8 Å². The van der Waals surface area contributed by atoms with E-state index in [-0.39, 0.29) is 0 Å². The minimum atomic E-state index is 0.583. The van der Waals surface area contributed by atoms with Crippen molar-refractivity contribution in [1.29, 1.82) is 0 Å². The van der Waals surface area contributed by atoms with E-state index in [9.17, 15) is 0 Å². The first-order valence-electron chi connectivity index (χ1n) is 8.23. The lowest BCUT2D eigenvalue weighted by Gasteiger charge is -2.15. The van der Waals surface area contributed by atoms with E-state index in [4.69, 9.17) is 16.3 Å². The van der Waals surface area contributed by atoms with Gasteiger partial charge in [0.05, 0.1) is 19.3 Å². The van der Waals surface area contributed by atoms with Gasteiger partial charge < -0.3 is 15.4 Å². The highest BCUT2D eigenvalue weighted by Crippen LogP contribution is 2.23. The van der Waals surface area contributed by atoms with Crippen LogP contribution in [0.1, 0.15) is 22.4 Å². The lowest BCUT2D eigenvalue weighted by atomic mass is 10.1. The van der Waals surface area contributed by atoms with Crippen molar-refractivity contribution in [2.45, 2.75) is 26.8 Å². The molecule has 2 N–H and O–H groups in total. The van der Waals surface area contributed by atoms with Gasteiger partial charge in [-0.05, 0) is 38.0 Å². The molecular weight excluding hydrogens is 336 g/mol. The molecule has 0 bridgehead atoms. The van der Waals surface area contributed by atoms with E-state index < -0.39 is 0 Å². The first-order valence-corrected chi connectivity index (χ1v) is 8.61. The van der Waals surface area contributed by atoms with Gasteiger partial charge in [0.2, 0.25) is 0 Å². The molecule has 0 radical (unpaired) electrons. The third kappa shape index (κ3) is 5.36. The van der Waals surface area contributed by atoms with Gasteiger partial charge in [-0.3, -0.25) is 9.98 Å². The largest absolute Gasteiger partial charge is 0.496 e. The van der Waals surface area contributed by atoms with Gasteiger partial charge in [-0.1, -0.05) is 23.7 Å². The smallest absolute Gasteiger partial charge is 0.191 e. The molecule has 0 unspecified atom stereocenters. The second kappa shape index (κ2) is 9.28. The highest BCUT2D eigenvalue weighted by Gasteiger charge is 2.09. The molecule has 2 rings (SSSR count). The Morgan fingerprint density at radius 2 is 2.08 bits per heavy atom. The maximum Gasteiger partial charge on any atom is 0.191 e. The van der Waals surface area contributed by atoms with E-state index in [1.165, 1.54) is 5.56 Å². The Hall–Kier alpha value is -2.27. The van der Waals surface area contributed by atoms with E-state index in [0.29, 0.717) is 6.54 Å². The number of aryl methyl sites for hydroxylation is 1. The SMILES string of the molecule is CN=C(NCCc1cccc(Cl)c1)NCc1ncc(C)c(OC)c1C. The number of hydrogen-bond acceptors (Lipinski definition) is 3. The molecule has 0 aliphatic heterocycles. The van der Waals surface area contributed by atoms with Crippen molar-refractivity contribution in [2.75, 3.05) is 20.7 Å². The Morgan fingerprint density at radius 3 is 2.76 bits per heavy atom. The van der Waals surface area contributed by atoms with Crippen LogP contribution in [0.15, 0.2) is 35.5 Å². The molecule has 134 valence electrons. The number of benzene rings is 1. The fourth-order valence-corrected chi connectivity index (χ4v) is 2.87. The van der Waals surface area contributed by atoms with Gasteiger partial charge in [-0.15, -0.1) is 0 Å². The molecule has 0 amide bonds. The first-order chi connectivity index (χ1) is 12.0. The van der Waals surface area contributed by atoms with E-state index in [1.54, 1.807) is 14.2 Å². The Kier molecular flexibility index (Phi) is 7.07. The molecule has 25 heavy (non-hydrogen) atoms. The highest BCUT2D eigenvalue weighted by atomic mass is 35.5. The van der Waals surface area contributed by atoms with Gasteiger partial charge in [0.15, 0.2) is 5.96 Å². The Morgan fingerprint density at radius 1 is 1.28 bits per heavy atom. The number of nitrogens with zero attached hydrogens (tertiary/aromatic N) is 2. The molecular formula is C19H25ClN4O. The zero-order valence-electron chi connectivity index (χ0n) is 15.2. The Labute approximate surface area is 154 Å². The lowest BCUT2D eigenvalue weighted by Crippen LogP contribution is -2.38. The first kappa shape index (κ1) is 19.1. The van der Waals surface area contributed by atoms with Gasteiger partial charge in [0, 0.05) is 35.9 Å². The predicted molar refractivity (Wildman–Crippen MR) is 104 cm³/mol. The van der Waals surface area contributed by atoms with Crippen LogP contribution in [0.25, 0.3) is 0 Å². The van der Waals surface area contributed by atoms with Crippen molar-refractivity contribution in [3.8, 4) is 5.75 Å². The van der Waals surface area contributed by atoms with Gasteiger partial charge in [0.25, 0.3) is 0 Å². The summed E-state index contributed by atoms with van der Waals surface area (Å²) in [4.78, 5) is 8.74. The van der Waals surface area contributed by atoms with Gasteiger partial charge in [-0.25, -0.2) is 0 Å². The van der Waals surface area contributed by atoms with Crippen molar-refractivity contribution < 1.29 is 4.74 Å². The predicted octanol–water partition coefficient (Wildman–Crippen LogP) is 3.27. The number of pyridine rings is 1. The molecule has 6 heteroatoms. The van der Waals surface area contributed by atoms with Gasteiger partial charge in [-0.2, -0.15) is 0 Å². The van der Waals surface area contributed by atoms with Crippen LogP contribution in [-0.2, 0) is 13.0 Å². The number of halogens is 1. The zero-order valence-corrected chi connectivity index (χ0v) is 15.9. The fourth-order valence-electron chi connectivity index (χ4n) is 2.66. The summed E-state index contributed by atoms with van der Waals surface area (Å²) in [5.74, 6) is 1.62. The normalized spacial score (nSPS) is 11.3. The summed E-state index contributed by atoms with van der Waals surface area (Å²) in [5.41, 5.74) is 4.22. The summed E-state index contributed by atoms with van der Waals surface area (Å²) in [7, 11) is 3.44. The third-order valence-corrected chi connectivity index (χ3v) is 4.23. The second-order valence-electron chi connectivity index (χ2n) is 5.78. The van der Waals surface area contributed by atoms with E-state index >= 15 is 0 Å².